The van der Waals surface area contributed by atoms with Crippen LogP contribution in [0.3, 0.4) is 0 Å². The van der Waals surface area contributed by atoms with Crippen molar-refractivity contribution in [2.75, 3.05) is 4.90 Å². The highest BCUT2D eigenvalue weighted by Crippen LogP contribution is 2.51. The summed E-state index contributed by atoms with van der Waals surface area (Å²) >= 11 is 0. The molecule has 12 rings (SSSR count). The molecule has 0 N–H and O–H groups in total. The number of hydrogen-bond donors (Lipinski definition) is 0. The van der Waals surface area contributed by atoms with Gasteiger partial charge in [0, 0.05) is 44.6 Å². The van der Waals surface area contributed by atoms with Gasteiger partial charge in [0.25, 0.3) is 0 Å². The molecular formula is C50H30N6. The zero-order valence-corrected chi connectivity index (χ0v) is 30.0. The first kappa shape index (κ1) is 30.7. The van der Waals surface area contributed by atoms with Gasteiger partial charge in [-0.2, -0.15) is 0 Å². The van der Waals surface area contributed by atoms with Crippen molar-refractivity contribution >= 4 is 71.6 Å². The first-order valence-electron chi connectivity index (χ1n) is 18.8. The highest BCUT2D eigenvalue weighted by atomic mass is 15.2. The van der Waals surface area contributed by atoms with Crippen LogP contribution in [0.1, 0.15) is 0 Å². The quantitative estimate of drug-likeness (QED) is 0.170. The summed E-state index contributed by atoms with van der Waals surface area (Å²) in [6, 6.07) is 61.7. The number of anilines is 3. The molecule has 1 aliphatic rings. The first-order chi connectivity index (χ1) is 27.8. The molecule has 0 amide bonds. The monoisotopic (exact) mass is 714 g/mol. The first-order valence-corrected chi connectivity index (χ1v) is 18.8. The van der Waals surface area contributed by atoms with E-state index in [0.29, 0.717) is 5.95 Å². The van der Waals surface area contributed by atoms with Gasteiger partial charge in [0.1, 0.15) is 5.82 Å². The Balaban J connectivity index is 1.07. The van der Waals surface area contributed by atoms with Crippen molar-refractivity contribution in [2.24, 2.45) is 0 Å². The third kappa shape index (κ3) is 4.50. The molecule has 0 unspecified atom stereocenters. The van der Waals surface area contributed by atoms with Crippen LogP contribution in [0.4, 0.5) is 17.2 Å². The van der Waals surface area contributed by atoms with Crippen LogP contribution in [0.25, 0.3) is 94.0 Å². The van der Waals surface area contributed by atoms with E-state index >= 15 is 0 Å². The minimum absolute atomic E-state index is 0.648. The maximum absolute atomic E-state index is 5.27. The summed E-state index contributed by atoms with van der Waals surface area (Å²) in [7, 11) is 0. The number of pyridine rings is 2. The van der Waals surface area contributed by atoms with E-state index < -0.39 is 0 Å². The van der Waals surface area contributed by atoms with Gasteiger partial charge in [-0.15, -0.1) is 0 Å². The minimum Gasteiger partial charge on any atom is -0.294 e. The van der Waals surface area contributed by atoms with Crippen molar-refractivity contribution in [1.82, 2.24) is 24.5 Å². The average Bonchev–Trinajstić information content (AvgIpc) is 3.60. The predicted molar refractivity (Wildman–Crippen MR) is 229 cm³/mol. The smallest absolute Gasteiger partial charge is 0.235 e. The molecule has 0 bridgehead atoms. The minimum atomic E-state index is 0.648. The fraction of sp³-hybridized carbons (Fsp3) is 0. The molecule has 7 aromatic carbocycles. The molecule has 0 atom stereocenters. The lowest BCUT2D eigenvalue weighted by Crippen LogP contribution is -2.17. The third-order valence-electron chi connectivity index (χ3n) is 11.2. The molecule has 0 aliphatic carbocycles. The van der Waals surface area contributed by atoms with Crippen molar-refractivity contribution < 1.29 is 0 Å². The number of para-hydroxylation sites is 4. The Morgan fingerprint density at radius 3 is 1.91 bits per heavy atom. The Morgan fingerprint density at radius 2 is 1.07 bits per heavy atom. The molecule has 1 aliphatic heterocycles. The number of fused-ring (bicyclic) bond motifs is 8. The lowest BCUT2D eigenvalue weighted by Gasteiger charge is -2.32. The van der Waals surface area contributed by atoms with Crippen LogP contribution in [0, 0.1) is 0 Å². The lowest BCUT2D eigenvalue weighted by atomic mass is 9.92. The third-order valence-corrected chi connectivity index (χ3v) is 11.2. The van der Waals surface area contributed by atoms with Crippen LogP contribution in [0.5, 0.6) is 0 Å². The molecular weight excluding hydrogens is 685 g/mol. The summed E-state index contributed by atoms with van der Waals surface area (Å²) in [4.78, 5) is 23.0. The summed E-state index contributed by atoms with van der Waals surface area (Å²) in [6.07, 6.45) is 1.93. The molecule has 11 aromatic rings. The normalized spacial score (nSPS) is 12.2. The number of benzene rings is 7. The number of rotatable bonds is 4. The Hall–Kier alpha value is -7.70. The number of nitrogens with zero attached hydrogens (tertiary/aromatic N) is 6. The predicted octanol–water partition coefficient (Wildman–Crippen LogP) is 12.6. The number of aromatic nitrogens is 5. The van der Waals surface area contributed by atoms with Crippen LogP contribution in [0.15, 0.2) is 182 Å². The molecule has 260 valence electrons. The molecule has 6 nitrogen and oxygen atoms in total. The van der Waals surface area contributed by atoms with Gasteiger partial charge in [-0.1, -0.05) is 115 Å². The molecule has 0 radical (unpaired) electrons. The summed E-state index contributed by atoms with van der Waals surface area (Å²) in [5.74, 6) is 1.55. The van der Waals surface area contributed by atoms with E-state index in [2.05, 4.69) is 167 Å². The molecule has 0 spiro atoms. The summed E-state index contributed by atoms with van der Waals surface area (Å²) in [5, 5.41) is 6.64. The lowest BCUT2D eigenvalue weighted by molar-refractivity contribution is 1.01. The molecule has 0 saturated carbocycles. The van der Waals surface area contributed by atoms with E-state index in [1.807, 2.05) is 24.4 Å². The molecule has 6 heteroatoms. The highest BCUT2D eigenvalue weighted by Gasteiger charge is 2.29. The fourth-order valence-electron chi connectivity index (χ4n) is 8.65. The second-order valence-corrected chi connectivity index (χ2v) is 14.3. The van der Waals surface area contributed by atoms with E-state index in [0.717, 1.165) is 105 Å². The fourth-order valence-corrected chi connectivity index (χ4v) is 8.65. The Labute approximate surface area is 321 Å². The maximum Gasteiger partial charge on any atom is 0.235 e. The van der Waals surface area contributed by atoms with Crippen LogP contribution in [0.2, 0.25) is 0 Å². The van der Waals surface area contributed by atoms with E-state index in [9.17, 15) is 0 Å². The largest absolute Gasteiger partial charge is 0.294 e. The van der Waals surface area contributed by atoms with Gasteiger partial charge >= 0.3 is 0 Å². The molecule has 0 saturated heterocycles. The van der Waals surface area contributed by atoms with E-state index in [1.54, 1.807) is 0 Å². The van der Waals surface area contributed by atoms with Crippen LogP contribution >= 0.6 is 0 Å². The van der Waals surface area contributed by atoms with E-state index in [-0.39, 0.29) is 0 Å². The van der Waals surface area contributed by atoms with Gasteiger partial charge in [0.05, 0.1) is 44.5 Å². The van der Waals surface area contributed by atoms with Crippen LogP contribution < -0.4 is 4.90 Å². The Bertz CT molecular complexity index is 3370. The molecule has 5 heterocycles. The highest BCUT2D eigenvalue weighted by molar-refractivity contribution is 6.19. The second kappa shape index (κ2) is 11.9. The van der Waals surface area contributed by atoms with Crippen LogP contribution in [-0.4, -0.2) is 24.5 Å². The standard InChI is InChI=1S/C50H30N6/c1-3-13-31(14-4-1)47-38-19-8-11-21-42(38)53-50(54-47)56-43-22-12-9-18-36(43)39-29-32(23-25-44(39)56)33-24-26-45-40(30-33)48-46-37(27-28-51-48)35-17-7-10-20-41(35)52-49(46)55(45)34-15-5-2-6-16-34/h1-30H. The Morgan fingerprint density at radius 1 is 0.411 bits per heavy atom. The average molecular weight is 715 g/mol. The van der Waals surface area contributed by atoms with Crippen molar-refractivity contribution in [1.29, 1.82) is 0 Å². The zero-order chi connectivity index (χ0) is 36.7. The van der Waals surface area contributed by atoms with Crippen molar-refractivity contribution in [2.45, 2.75) is 0 Å². The van der Waals surface area contributed by atoms with Gasteiger partial charge in [-0.3, -0.25) is 14.5 Å². The van der Waals surface area contributed by atoms with Crippen LogP contribution in [-0.2, 0) is 0 Å². The topological polar surface area (TPSA) is 59.7 Å². The molecule has 4 aromatic heterocycles. The molecule has 56 heavy (non-hydrogen) atoms. The van der Waals surface area contributed by atoms with Gasteiger partial charge in [0.2, 0.25) is 5.95 Å². The summed E-state index contributed by atoms with van der Waals surface area (Å²) in [6.45, 7) is 0. The summed E-state index contributed by atoms with van der Waals surface area (Å²) < 4.78 is 2.21. The summed E-state index contributed by atoms with van der Waals surface area (Å²) in [5.41, 5.74) is 12.3. The van der Waals surface area contributed by atoms with E-state index in [1.165, 1.54) is 0 Å². The molecule has 0 fully saturated rings. The van der Waals surface area contributed by atoms with Crippen molar-refractivity contribution in [3.8, 4) is 39.6 Å². The Kier molecular flexibility index (Phi) is 6.53. The van der Waals surface area contributed by atoms with Gasteiger partial charge < -0.3 is 0 Å². The van der Waals surface area contributed by atoms with E-state index in [4.69, 9.17) is 19.9 Å². The van der Waals surface area contributed by atoms with Gasteiger partial charge in [-0.25, -0.2) is 15.0 Å². The van der Waals surface area contributed by atoms with Crippen molar-refractivity contribution in [3.63, 3.8) is 0 Å². The second-order valence-electron chi connectivity index (χ2n) is 14.3. The van der Waals surface area contributed by atoms with Gasteiger partial charge in [-0.05, 0) is 77.2 Å². The zero-order valence-electron chi connectivity index (χ0n) is 30.0. The SMILES string of the molecule is c1ccc(-c2nc(-n3c4ccccc4c4cc(-c5ccc6c(c5)-c5nccc7c5c(nc5ccccc57)N6c5ccccc5)ccc43)nc3ccccc23)cc1. The number of hydrogen-bond acceptors (Lipinski definition) is 5. The van der Waals surface area contributed by atoms with Gasteiger partial charge in [0.15, 0.2) is 0 Å². The maximum atomic E-state index is 5.27. The van der Waals surface area contributed by atoms with Crippen molar-refractivity contribution in [3.05, 3.63) is 182 Å².